The van der Waals surface area contributed by atoms with Gasteiger partial charge >= 0.3 is 6.09 Å². The number of fused-ring (bicyclic) bond motifs is 3. The van der Waals surface area contributed by atoms with E-state index in [0.29, 0.717) is 24.8 Å². The third-order valence-electron chi connectivity index (χ3n) is 7.78. The van der Waals surface area contributed by atoms with Gasteiger partial charge in [-0.15, -0.1) is 10.2 Å². The van der Waals surface area contributed by atoms with Crippen LogP contribution in [0.25, 0.3) is 11.3 Å². The summed E-state index contributed by atoms with van der Waals surface area (Å²) < 4.78 is 27.4. The van der Waals surface area contributed by atoms with Gasteiger partial charge in [0.15, 0.2) is 5.82 Å². The molecule has 0 saturated heterocycles. The molecule has 2 aliphatic carbocycles. The summed E-state index contributed by atoms with van der Waals surface area (Å²) in [4.78, 5) is 14.9. The molecule has 6 rings (SSSR count). The van der Waals surface area contributed by atoms with E-state index in [0.717, 1.165) is 53.3 Å². The van der Waals surface area contributed by atoms with Gasteiger partial charge in [0.1, 0.15) is 23.0 Å². The molecular weight excluding hydrogens is 495 g/mol. The molecule has 1 saturated carbocycles. The number of rotatable bonds is 4. The normalized spacial score (nSPS) is 19.1. The van der Waals surface area contributed by atoms with Crippen LogP contribution in [-0.2, 0) is 17.8 Å². The van der Waals surface area contributed by atoms with Gasteiger partial charge < -0.3 is 9.47 Å². The molecule has 1 amide bonds. The van der Waals surface area contributed by atoms with Crippen LogP contribution in [0, 0.1) is 5.82 Å². The van der Waals surface area contributed by atoms with E-state index in [4.69, 9.17) is 9.47 Å². The number of allylic oxidation sites excluding steroid dienone is 2. The Labute approximate surface area is 228 Å². The van der Waals surface area contributed by atoms with Crippen LogP contribution < -0.4 is 4.74 Å². The van der Waals surface area contributed by atoms with Crippen LogP contribution in [0.4, 0.5) is 9.18 Å². The molecule has 0 bridgehead atoms. The van der Waals surface area contributed by atoms with E-state index < -0.39 is 5.60 Å². The van der Waals surface area contributed by atoms with Gasteiger partial charge in [0, 0.05) is 11.5 Å². The quantitative estimate of drug-likeness (QED) is 0.367. The standard InChI is InChI=1S/C31H35FN4O3/c1-31(2,3)39-30(37)35-17-23-15-22(19-5-6-19)11-13-26(23)36-28(18-35)33-34-29(36)21-9-7-20(8-10-21)25-16-24(32)12-14-27(25)38-4/h7,11-16,19,21H,5-6,8-10,17-18H2,1-4H3. The van der Waals surface area contributed by atoms with Crippen molar-refractivity contribution < 1.29 is 18.7 Å². The first-order chi connectivity index (χ1) is 18.7. The molecule has 1 fully saturated rings. The Balaban J connectivity index is 1.35. The summed E-state index contributed by atoms with van der Waals surface area (Å²) in [5, 5.41) is 9.25. The largest absolute Gasteiger partial charge is 0.496 e. The molecule has 0 spiro atoms. The first kappa shape index (κ1) is 25.6. The minimum Gasteiger partial charge on any atom is -0.496 e. The smallest absolute Gasteiger partial charge is 0.411 e. The average Bonchev–Trinajstić information content (AvgIpc) is 3.70. The molecule has 3 aromatic rings. The number of amides is 1. The van der Waals surface area contributed by atoms with Crippen LogP contribution >= 0.6 is 0 Å². The first-order valence-corrected chi connectivity index (χ1v) is 13.8. The zero-order valence-electron chi connectivity index (χ0n) is 23.0. The number of ether oxygens (including phenoxy) is 2. The average molecular weight is 531 g/mol. The lowest BCUT2D eigenvalue weighted by Crippen LogP contribution is -2.35. The Hall–Kier alpha value is -3.68. The second-order valence-corrected chi connectivity index (χ2v) is 11.9. The Morgan fingerprint density at radius 1 is 1.03 bits per heavy atom. The zero-order valence-corrected chi connectivity index (χ0v) is 23.0. The summed E-state index contributed by atoms with van der Waals surface area (Å²) in [6.07, 6.45) is 6.65. The number of halogens is 1. The molecule has 39 heavy (non-hydrogen) atoms. The SMILES string of the molecule is COc1ccc(F)cc1C1=CCC(c2nnc3n2-c2ccc(C4CC4)cc2CN(C(=O)OC(C)(C)C)C3)CC1. The number of hydrogen-bond donors (Lipinski definition) is 0. The summed E-state index contributed by atoms with van der Waals surface area (Å²) in [5.41, 5.74) is 4.75. The van der Waals surface area contributed by atoms with Crippen LogP contribution in [0.15, 0.2) is 42.5 Å². The van der Waals surface area contributed by atoms with Gasteiger partial charge in [0.05, 0.1) is 25.9 Å². The van der Waals surface area contributed by atoms with Gasteiger partial charge in [-0.2, -0.15) is 0 Å². The third-order valence-corrected chi connectivity index (χ3v) is 7.78. The van der Waals surface area contributed by atoms with Gasteiger partial charge in [0.2, 0.25) is 0 Å². The monoisotopic (exact) mass is 530 g/mol. The zero-order chi connectivity index (χ0) is 27.3. The topological polar surface area (TPSA) is 69.5 Å². The molecular formula is C31H35FN4O3. The van der Waals surface area contributed by atoms with Crippen LogP contribution in [0.2, 0.25) is 0 Å². The molecule has 2 aromatic carbocycles. The predicted octanol–water partition coefficient (Wildman–Crippen LogP) is 6.89. The third kappa shape index (κ3) is 5.16. The minimum absolute atomic E-state index is 0.151. The summed E-state index contributed by atoms with van der Waals surface area (Å²) >= 11 is 0. The van der Waals surface area contributed by atoms with E-state index in [1.165, 1.54) is 24.5 Å². The van der Waals surface area contributed by atoms with Gasteiger partial charge in [-0.1, -0.05) is 18.2 Å². The second kappa shape index (κ2) is 9.81. The first-order valence-electron chi connectivity index (χ1n) is 13.8. The van der Waals surface area contributed by atoms with Crippen molar-refractivity contribution in [3.63, 3.8) is 0 Å². The number of carbonyl (C=O) groups is 1. The molecule has 3 aliphatic rings. The molecule has 2 heterocycles. The van der Waals surface area contributed by atoms with Gasteiger partial charge in [0.25, 0.3) is 0 Å². The molecule has 8 heteroatoms. The molecule has 0 N–H and O–H groups in total. The van der Waals surface area contributed by atoms with Crippen LogP contribution in [0.1, 0.15) is 93.1 Å². The molecule has 7 nitrogen and oxygen atoms in total. The second-order valence-electron chi connectivity index (χ2n) is 11.9. The Morgan fingerprint density at radius 3 is 2.54 bits per heavy atom. The highest BCUT2D eigenvalue weighted by Gasteiger charge is 2.33. The van der Waals surface area contributed by atoms with E-state index in [1.54, 1.807) is 24.1 Å². The van der Waals surface area contributed by atoms with Crippen molar-refractivity contribution in [3.8, 4) is 11.4 Å². The Kier molecular flexibility index (Phi) is 6.44. The van der Waals surface area contributed by atoms with Crippen molar-refractivity contribution in [2.45, 2.75) is 83.4 Å². The van der Waals surface area contributed by atoms with Crippen molar-refractivity contribution in [1.82, 2.24) is 19.7 Å². The fourth-order valence-electron chi connectivity index (χ4n) is 5.71. The van der Waals surface area contributed by atoms with Gasteiger partial charge in [-0.25, -0.2) is 9.18 Å². The fraction of sp³-hybridized carbons (Fsp3) is 0.452. The maximum absolute atomic E-state index is 14.0. The molecule has 1 aromatic heterocycles. The molecule has 1 atom stereocenters. The summed E-state index contributed by atoms with van der Waals surface area (Å²) in [6, 6.07) is 11.3. The summed E-state index contributed by atoms with van der Waals surface area (Å²) in [6.45, 7) is 6.43. The van der Waals surface area contributed by atoms with Crippen LogP contribution in [0.3, 0.4) is 0 Å². The number of benzene rings is 2. The maximum Gasteiger partial charge on any atom is 0.411 e. The highest BCUT2D eigenvalue weighted by Crippen LogP contribution is 2.43. The molecule has 0 radical (unpaired) electrons. The number of hydrogen-bond acceptors (Lipinski definition) is 5. The van der Waals surface area contributed by atoms with E-state index in [1.807, 2.05) is 20.8 Å². The highest BCUT2D eigenvalue weighted by atomic mass is 19.1. The predicted molar refractivity (Wildman–Crippen MR) is 146 cm³/mol. The van der Waals surface area contributed by atoms with Crippen LogP contribution in [0.5, 0.6) is 5.75 Å². The van der Waals surface area contributed by atoms with E-state index in [9.17, 15) is 9.18 Å². The van der Waals surface area contributed by atoms with Crippen LogP contribution in [-0.4, -0.2) is 38.5 Å². The van der Waals surface area contributed by atoms with Crippen molar-refractivity contribution in [2.75, 3.05) is 7.11 Å². The van der Waals surface area contributed by atoms with E-state index >= 15 is 0 Å². The number of carbonyl (C=O) groups excluding carboxylic acids is 1. The summed E-state index contributed by atoms with van der Waals surface area (Å²) in [7, 11) is 1.61. The van der Waals surface area contributed by atoms with Crippen molar-refractivity contribution >= 4 is 11.7 Å². The minimum atomic E-state index is -0.586. The van der Waals surface area contributed by atoms with E-state index in [-0.39, 0.29) is 17.8 Å². The number of methoxy groups -OCH3 is 1. The van der Waals surface area contributed by atoms with Gasteiger partial charge in [-0.05, 0) is 99.8 Å². The highest BCUT2D eigenvalue weighted by molar-refractivity contribution is 5.71. The van der Waals surface area contributed by atoms with E-state index in [2.05, 4.69) is 39.0 Å². The van der Waals surface area contributed by atoms with Crippen molar-refractivity contribution in [2.24, 2.45) is 0 Å². The Morgan fingerprint density at radius 2 is 1.85 bits per heavy atom. The van der Waals surface area contributed by atoms with Crippen molar-refractivity contribution in [1.29, 1.82) is 0 Å². The lowest BCUT2D eigenvalue weighted by atomic mass is 9.85. The lowest BCUT2D eigenvalue weighted by Gasteiger charge is -2.26. The molecule has 204 valence electrons. The lowest BCUT2D eigenvalue weighted by molar-refractivity contribution is 0.0214. The molecule has 1 aliphatic heterocycles. The fourth-order valence-corrected chi connectivity index (χ4v) is 5.71. The van der Waals surface area contributed by atoms with Gasteiger partial charge in [-0.3, -0.25) is 9.47 Å². The number of aromatic nitrogens is 3. The summed E-state index contributed by atoms with van der Waals surface area (Å²) in [5.74, 6) is 2.80. The Bertz CT molecular complexity index is 1450. The maximum atomic E-state index is 14.0. The number of nitrogens with zero attached hydrogens (tertiary/aromatic N) is 4. The van der Waals surface area contributed by atoms with Crippen molar-refractivity contribution in [3.05, 3.63) is 76.6 Å². The molecule has 1 unspecified atom stereocenters.